The molecule has 7 heteroatoms. The number of nitrogens with two attached hydrogens (primary N) is 1. The van der Waals surface area contributed by atoms with E-state index in [1.165, 1.54) is 6.33 Å². The van der Waals surface area contributed by atoms with Crippen molar-refractivity contribution in [2.45, 2.75) is 12.5 Å². The van der Waals surface area contributed by atoms with E-state index in [9.17, 15) is 0 Å². The van der Waals surface area contributed by atoms with Crippen molar-refractivity contribution >= 4 is 35.6 Å². The third kappa shape index (κ3) is 3.55. The number of nitrogens with zero attached hydrogens (tertiary/aromatic N) is 2. The van der Waals surface area contributed by atoms with Crippen LogP contribution in [0.15, 0.2) is 6.33 Å². The molecule has 0 radical (unpaired) electrons. The van der Waals surface area contributed by atoms with Crippen molar-refractivity contribution in [2.24, 2.45) is 5.73 Å². The summed E-state index contributed by atoms with van der Waals surface area (Å²) in [6.45, 7) is -0.123. The highest BCUT2D eigenvalue weighted by Gasteiger charge is 2.11. The van der Waals surface area contributed by atoms with E-state index in [2.05, 4.69) is 9.97 Å². The van der Waals surface area contributed by atoms with Gasteiger partial charge in [0.05, 0.1) is 6.61 Å². The van der Waals surface area contributed by atoms with Gasteiger partial charge in [-0.2, -0.15) is 0 Å². The van der Waals surface area contributed by atoms with E-state index in [1.54, 1.807) is 0 Å². The Labute approximate surface area is 97.9 Å². The lowest BCUT2D eigenvalue weighted by atomic mass is 10.1. The molecule has 1 rings (SSSR count). The molecule has 1 unspecified atom stereocenters. The van der Waals surface area contributed by atoms with E-state index >= 15 is 0 Å². The Balaban J connectivity index is 0.00000169. The molecule has 0 aromatic carbocycles. The first-order valence-electron chi connectivity index (χ1n) is 3.66. The second-order valence-corrected chi connectivity index (χ2v) is 3.30. The van der Waals surface area contributed by atoms with Gasteiger partial charge < -0.3 is 10.8 Å². The van der Waals surface area contributed by atoms with Gasteiger partial charge in [0.2, 0.25) is 0 Å². The zero-order chi connectivity index (χ0) is 9.84. The van der Waals surface area contributed by atoms with Gasteiger partial charge in [-0.15, -0.1) is 12.4 Å². The number of halogens is 3. The first-order valence-corrected chi connectivity index (χ1v) is 4.42. The molecule has 14 heavy (non-hydrogen) atoms. The lowest BCUT2D eigenvalue weighted by Crippen LogP contribution is -2.27. The smallest absolute Gasteiger partial charge is 0.137 e. The topological polar surface area (TPSA) is 72.0 Å². The van der Waals surface area contributed by atoms with Crippen LogP contribution in [0.5, 0.6) is 0 Å². The fraction of sp³-hybridized carbons (Fsp3) is 0.429. The molecule has 0 saturated heterocycles. The van der Waals surface area contributed by atoms with Crippen molar-refractivity contribution in [3.8, 4) is 0 Å². The summed E-state index contributed by atoms with van der Waals surface area (Å²) in [5, 5.41) is 9.29. The Kier molecular flexibility index (Phi) is 6.31. The number of aliphatic hydroxyl groups is 1. The summed E-state index contributed by atoms with van der Waals surface area (Å²) >= 11 is 11.5. The molecule has 1 aromatic rings. The molecule has 0 spiro atoms. The molecular formula is C7H10Cl3N3O. The van der Waals surface area contributed by atoms with Gasteiger partial charge in [-0.3, -0.25) is 0 Å². The Morgan fingerprint density at radius 3 is 2.29 bits per heavy atom. The molecule has 4 nitrogen and oxygen atoms in total. The van der Waals surface area contributed by atoms with E-state index in [0.29, 0.717) is 12.0 Å². The Morgan fingerprint density at radius 1 is 1.36 bits per heavy atom. The van der Waals surface area contributed by atoms with E-state index < -0.39 is 0 Å². The highest BCUT2D eigenvalue weighted by molar-refractivity contribution is 6.34. The lowest BCUT2D eigenvalue weighted by Gasteiger charge is -2.09. The van der Waals surface area contributed by atoms with Gasteiger partial charge in [-0.05, 0) is 6.42 Å². The zero-order valence-electron chi connectivity index (χ0n) is 7.15. The van der Waals surface area contributed by atoms with Crippen LogP contribution in [0.25, 0.3) is 0 Å². The van der Waals surface area contributed by atoms with Crippen LogP contribution in [-0.4, -0.2) is 27.7 Å². The highest BCUT2D eigenvalue weighted by atomic mass is 35.5. The van der Waals surface area contributed by atoms with Crippen LogP contribution in [0.3, 0.4) is 0 Å². The van der Waals surface area contributed by atoms with Crippen LogP contribution in [0.2, 0.25) is 10.3 Å². The summed E-state index contributed by atoms with van der Waals surface area (Å²) in [7, 11) is 0. The minimum absolute atomic E-state index is 0. The summed E-state index contributed by atoms with van der Waals surface area (Å²) in [6.07, 6.45) is 1.65. The van der Waals surface area contributed by atoms with Gasteiger partial charge in [0.25, 0.3) is 0 Å². The first kappa shape index (κ1) is 13.9. The quantitative estimate of drug-likeness (QED) is 0.796. The standard InChI is InChI=1S/C7H9Cl2N3O.ClH/c8-6-5(1-4(10)2-13)7(9)12-3-11-6;/h3-4,13H,1-2,10H2;1H. The highest BCUT2D eigenvalue weighted by Crippen LogP contribution is 2.20. The second-order valence-electron chi connectivity index (χ2n) is 2.58. The van der Waals surface area contributed by atoms with Crippen LogP contribution < -0.4 is 5.73 Å². The van der Waals surface area contributed by atoms with Gasteiger partial charge in [0, 0.05) is 11.6 Å². The van der Waals surface area contributed by atoms with Crippen LogP contribution in [0.1, 0.15) is 5.56 Å². The van der Waals surface area contributed by atoms with Crippen molar-refractivity contribution in [3.63, 3.8) is 0 Å². The third-order valence-electron chi connectivity index (χ3n) is 1.54. The molecule has 0 fully saturated rings. The van der Waals surface area contributed by atoms with Gasteiger partial charge in [0.15, 0.2) is 0 Å². The fourth-order valence-electron chi connectivity index (χ4n) is 0.866. The normalized spacial score (nSPS) is 12.0. The largest absolute Gasteiger partial charge is 0.395 e. The maximum Gasteiger partial charge on any atom is 0.137 e. The molecule has 0 saturated carbocycles. The zero-order valence-corrected chi connectivity index (χ0v) is 9.48. The molecule has 1 heterocycles. The van der Waals surface area contributed by atoms with Crippen LogP contribution in [0, 0.1) is 0 Å². The van der Waals surface area contributed by atoms with Gasteiger partial charge in [-0.25, -0.2) is 9.97 Å². The molecule has 0 aliphatic rings. The predicted molar refractivity (Wildman–Crippen MR) is 58.1 cm³/mol. The summed E-state index contributed by atoms with van der Waals surface area (Å²) < 4.78 is 0. The molecule has 0 aliphatic heterocycles. The van der Waals surface area contributed by atoms with Gasteiger partial charge in [-0.1, -0.05) is 23.2 Å². The van der Waals surface area contributed by atoms with Crippen molar-refractivity contribution in [1.29, 1.82) is 0 Å². The SMILES string of the molecule is Cl.NC(CO)Cc1c(Cl)ncnc1Cl. The molecule has 1 aromatic heterocycles. The minimum atomic E-state index is -0.388. The maximum atomic E-state index is 8.73. The second kappa shape index (κ2) is 6.37. The predicted octanol–water partition coefficient (Wildman–Crippen LogP) is 1.07. The van der Waals surface area contributed by atoms with Gasteiger partial charge >= 0.3 is 0 Å². The Morgan fingerprint density at radius 2 is 1.86 bits per heavy atom. The van der Waals surface area contributed by atoms with E-state index in [-0.39, 0.29) is 35.4 Å². The summed E-state index contributed by atoms with van der Waals surface area (Å²) in [5.41, 5.74) is 6.10. The van der Waals surface area contributed by atoms with Gasteiger partial charge in [0.1, 0.15) is 16.6 Å². The Hall–Kier alpha value is -0.130. The Bertz CT molecular complexity index is 277. The minimum Gasteiger partial charge on any atom is -0.395 e. The molecule has 0 bridgehead atoms. The number of aliphatic hydroxyl groups excluding tert-OH is 1. The lowest BCUT2D eigenvalue weighted by molar-refractivity contribution is 0.265. The van der Waals surface area contributed by atoms with Crippen molar-refractivity contribution in [1.82, 2.24) is 9.97 Å². The van der Waals surface area contributed by atoms with Crippen LogP contribution >= 0.6 is 35.6 Å². The summed E-state index contributed by atoms with van der Waals surface area (Å²) in [4.78, 5) is 7.52. The maximum absolute atomic E-state index is 8.73. The van der Waals surface area contributed by atoms with Crippen molar-refractivity contribution < 1.29 is 5.11 Å². The average Bonchev–Trinajstić information content (AvgIpc) is 2.11. The number of hydrogen-bond acceptors (Lipinski definition) is 4. The van der Waals surface area contributed by atoms with Crippen molar-refractivity contribution in [2.75, 3.05) is 6.61 Å². The van der Waals surface area contributed by atoms with Crippen molar-refractivity contribution in [3.05, 3.63) is 22.2 Å². The van der Waals surface area contributed by atoms with E-state index in [0.717, 1.165) is 0 Å². The fourth-order valence-corrected chi connectivity index (χ4v) is 1.34. The van der Waals surface area contributed by atoms with Crippen LogP contribution in [-0.2, 0) is 6.42 Å². The molecule has 0 amide bonds. The monoisotopic (exact) mass is 257 g/mol. The molecule has 1 atom stereocenters. The first-order chi connectivity index (χ1) is 6.15. The summed E-state index contributed by atoms with van der Waals surface area (Å²) in [6, 6.07) is -0.388. The average molecular weight is 259 g/mol. The number of rotatable bonds is 3. The molecular weight excluding hydrogens is 248 g/mol. The molecule has 80 valence electrons. The number of aromatic nitrogens is 2. The van der Waals surface area contributed by atoms with E-state index in [4.69, 9.17) is 34.0 Å². The molecule has 3 N–H and O–H groups in total. The van der Waals surface area contributed by atoms with Crippen LogP contribution in [0.4, 0.5) is 0 Å². The van der Waals surface area contributed by atoms with E-state index in [1.807, 2.05) is 0 Å². The summed E-state index contributed by atoms with van der Waals surface area (Å²) in [5.74, 6) is 0. The number of hydrogen-bond donors (Lipinski definition) is 2. The third-order valence-corrected chi connectivity index (χ3v) is 2.19. The molecule has 0 aliphatic carbocycles.